The molecule has 0 aliphatic carbocycles. The zero-order valence-corrected chi connectivity index (χ0v) is 18.4. The maximum absolute atomic E-state index is 13.8. The predicted molar refractivity (Wildman–Crippen MR) is 126 cm³/mol. The second-order valence-corrected chi connectivity index (χ2v) is 7.78. The lowest BCUT2D eigenvalue weighted by Gasteiger charge is -2.26. The number of fused-ring (bicyclic) bond motifs is 2. The number of aliphatic imine (C=N–C) groups is 1. The molecule has 4 aromatic rings. The summed E-state index contributed by atoms with van der Waals surface area (Å²) in [6.07, 6.45) is -0.864. The van der Waals surface area contributed by atoms with Crippen LogP contribution < -0.4 is 20.9 Å². The Balaban J connectivity index is 1.65. The van der Waals surface area contributed by atoms with Crippen LogP contribution in [0.25, 0.3) is 27.8 Å². The van der Waals surface area contributed by atoms with Crippen molar-refractivity contribution in [2.24, 2.45) is 4.99 Å². The van der Waals surface area contributed by atoms with E-state index in [1.807, 2.05) is 0 Å². The quantitative estimate of drug-likeness (QED) is 0.452. The minimum absolute atomic E-state index is 0.319. The van der Waals surface area contributed by atoms with Gasteiger partial charge in [0.05, 0.1) is 30.4 Å². The average Bonchev–Trinajstić information content (AvgIpc) is 2.86. The maximum atomic E-state index is 13.8. The highest BCUT2D eigenvalue weighted by Gasteiger charge is 2.29. The Kier molecular flexibility index (Phi) is 5.69. The van der Waals surface area contributed by atoms with E-state index in [2.05, 4.69) is 25.6 Å². The van der Waals surface area contributed by atoms with Gasteiger partial charge in [-0.3, -0.25) is 29.6 Å². The Labute approximate surface area is 197 Å². The maximum Gasteiger partial charge on any atom is 0.401 e. The molecule has 8 nitrogen and oxygen atoms in total. The molecule has 0 saturated carbocycles. The van der Waals surface area contributed by atoms with Crippen LogP contribution in [0.4, 0.5) is 19.0 Å². The summed E-state index contributed by atoms with van der Waals surface area (Å²) in [7, 11) is 1.53. The highest BCUT2D eigenvalue weighted by molar-refractivity contribution is 5.92. The molecule has 178 valence electrons. The lowest BCUT2D eigenvalue weighted by Crippen LogP contribution is -2.43. The van der Waals surface area contributed by atoms with Crippen LogP contribution in [0, 0.1) is 0 Å². The fraction of sp³-hybridized carbons (Fsp3) is 0.167. The number of nitrogens with one attached hydrogen (secondary N) is 2. The highest BCUT2D eigenvalue weighted by atomic mass is 19.4. The standard InChI is InChI=1S/C24H19F3N6O2/c1-35-17-5-3-16(4-6-17)33-21-15(12-30-23(32-21)31-13-24(25,26)27)10-18(22(33)34)14-2-7-19-20(11-14)29-9-8-28-19/h2-12,23,31-32H,13H2,1H3. The van der Waals surface area contributed by atoms with Crippen LogP contribution in [0.1, 0.15) is 5.56 Å². The van der Waals surface area contributed by atoms with E-state index in [1.165, 1.54) is 17.9 Å². The van der Waals surface area contributed by atoms with Crippen molar-refractivity contribution in [3.05, 3.63) is 76.8 Å². The predicted octanol–water partition coefficient (Wildman–Crippen LogP) is 3.74. The lowest BCUT2D eigenvalue weighted by atomic mass is 10.0. The number of ether oxygens (including phenoxy) is 1. The van der Waals surface area contributed by atoms with E-state index in [0.29, 0.717) is 45.0 Å². The number of methoxy groups -OCH3 is 1. The molecule has 1 aliphatic heterocycles. The topological polar surface area (TPSA) is 93.4 Å². The van der Waals surface area contributed by atoms with Gasteiger partial charge in [-0.25, -0.2) is 0 Å². The normalized spacial score (nSPS) is 15.0. The third kappa shape index (κ3) is 4.58. The number of hydrogen-bond donors (Lipinski definition) is 2. The summed E-state index contributed by atoms with van der Waals surface area (Å²) >= 11 is 0. The van der Waals surface area contributed by atoms with Crippen molar-refractivity contribution >= 4 is 23.1 Å². The van der Waals surface area contributed by atoms with Crippen molar-refractivity contribution in [2.75, 3.05) is 19.0 Å². The summed E-state index contributed by atoms with van der Waals surface area (Å²) in [5, 5.41) is 5.22. The molecule has 0 amide bonds. The van der Waals surface area contributed by atoms with Crippen molar-refractivity contribution in [3.63, 3.8) is 0 Å². The molecule has 2 aromatic heterocycles. The Morgan fingerprint density at radius 1 is 1.06 bits per heavy atom. The Morgan fingerprint density at radius 2 is 1.80 bits per heavy atom. The van der Waals surface area contributed by atoms with Crippen molar-refractivity contribution in [1.82, 2.24) is 19.9 Å². The SMILES string of the molecule is COc1ccc(-n2c3c(cc(-c4ccc5nccnc5c4)c2=O)C=NC(NCC(F)(F)F)N3)cc1. The van der Waals surface area contributed by atoms with Crippen LogP contribution in [-0.4, -0.2) is 46.9 Å². The minimum atomic E-state index is -4.41. The van der Waals surface area contributed by atoms with Crippen LogP contribution >= 0.6 is 0 Å². The smallest absolute Gasteiger partial charge is 0.401 e. The molecule has 0 radical (unpaired) electrons. The first-order valence-corrected chi connectivity index (χ1v) is 10.6. The number of aromatic nitrogens is 3. The van der Waals surface area contributed by atoms with Crippen LogP contribution in [-0.2, 0) is 0 Å². The summed E-state index contributed by atoms with van der Waals surface area (Å²) in [5.41, 5.74) is 3.00. The summed E-state index contributed by atoms with van der Waals surface area (Å²) < 4.78 is 44.8. The second-order valence-electron chi connectivity index (χ2n) is 7.78. The van der Waals surface area contributed by atoms with Crippen molar-refractivity contribution in [3.8, 4) is 22.6 Å². The third-order valence-corrected chi connectivity index (χ3v) is 5.47. The monoisotopic (exact) mass is 480 g/mol. The molecule has 0 spiro atoms. The van der Waals surface area contributed by atoms with Crippen LogP contribution in [0.3, 0.4) is 0 Å². The fourth-order valence-electron chi connectivity index (χ4n) is 3.84. The zero-order chi connectivity index (χ0) is 24.6. The first kappa shape index (κ1) is 22.5. The van der Waals surface area contributed by atoms with Crippen LogP contribution in [0.5, 0.6) is 5.75 Å². The van der Waals surface area contributed by atoms with E-state index in [9.17, 15) is 18.0 Å². The molecule has 2 aromatic carbocycles. The van der Waals surface area contributed by atoms with Gasteiger partial charge in [0.15, 0.2) is 6.29 Å². The van der Waals surface area contributed by atoms with E-state index in [4.69, 9.17) is 4.74 Å². The van der Waals surface area contributed by atoms with Crippen LogP contribution in [0.2, 0.25) is 0 Å². The van der Waals surface area contributed by atoms with E-state index >= 15 is 0 Å². The first-order valence-electron chi connectivity index (χ1n) is 10.6. The third-order valence-electron chi connectivity index (χ3n) is 5.47. The molecule has 2 N–H and O–H groups in total. The molecule has 3 heterocycles. The van der Waals surface area contributed by atoms with Gasteiger partial charge >= 0.3 is 6.18 Å². The summed E-state index contributed by atoms with van der Waals surface area (Å²) in [4.78, 5) is 26.5. The molecule has 0 bridgehead atoms. The number of alkyl halides is 3. The number of benzene rings is 2. The van der Waals surface area contributed by atoms with E-state index in [0.717, 1.165) is 0 Å². The largest absolute Gasteiger partial charge is 0.497 e. The van der Waals surface area contributed by atoms with Gasteiger partial charge in [-0.2, -0.15) is 13.2 Å². The van der Waals surface area contributed by atoms with Crippen LogP contribution in [0.15, 0.2) is 70.7 Å². The molecule has 1 aliphatic rings. The average molecular weight is 480 g/mol. The second kappa shape index (κ2) is 8.84. The summed E-state index contributed by atoms with van der Waals surface area (Å²) in [6, 6.07) is 13.8. The number of pyridine rings is 1. The number of nitrogens with zero attached hydrogens (tertiary/aromatic N) is 4. The Hall–Kier alpha value is -4.25. The molecule has 11 heteroatoms. The molecule has 0 fully saturated rings. The lowest BCUT2D eigenvalue weighted by molar-refractivity contribution is -0.125. The van der Waals surface area contributed by atoms with Gasteiger partial charge in [0, 0.05) is 29.7 Å². The zero-order valence-electron chi connectivity index (χ0n) is 18.4. The van der Waals surface area contributed by atoms with Gasteiger partial charge in [0.1, 0.15) is 11.6 Å². The van der Waals surface area contributed by atoms with Gasteiger partial charge in [-0.05, 0) is 48.0 Å². The highest BCUT2D eigenvalue weighted by Crippen LogP contribution is 2.28. The molecule has 5 rings (SSSR count). The molecule has 35 heavy (non-hydrogen) atoms. The number of hydrogen-bond acceptors (Lipinski definition) is 7. The number of rotatable bonds is 5. The van der Waals surface area contributed by atoms with Gasteiger partial charge in [-0.1, -0.05) is 6.07 Å². The summed E-state index contributed by atoms with van der Waals surface area (Å²) in [5.74, 6) is 0.915. The molecule has 1 unspecified atom stereocenters. The van der Waals surface area contributed by atoms with Crippen molar-refractivity contribution in [2.45, 2.75) is 12.5 Å². The minimum Gasteiger partial charge on any atom is -0.497 e. The van der Waals surface area contributed by atoms with E-state index in [-0.39, 0.29) is 5.56 Å². The Morgan fingerprint density at radius 3 is 2.51 bits per heavy atom. The molecule has 1 atom stereocenters. The number of halogens is 3. The van der Waals surface area contributed by atoms with Crippen molar-refractivity contribution in [1.29, 1.82) is 0 Å². The van der Waals surface area contributed by atoms with Gasteiger partial charge in [-0.15, -0.1) is 0 Å². The molecular formula is C24H19F3N6O2. The Bertz CT molecular complexity index is 1480. The van der Waals surface area contributed by atoms with Gasteiger partial charge in [0.2, 0.25) is 0 Å². The van der Waals surface area contributed by atoms with Crippen molar-refractivity contribution < 1.29 is 17.9 Å². The van der Waals surface area contributed by atoms with Gasteiger partial charge in [0.25, 0.3) is 5.56 Å². The van der Waals surface area contributed by atoms with E-state index in [1.54, 1.807) is 60.9 Å². The van der Waals surface area contributed by atoms with E-state index < -0.39 is 19.0 Å². The molecular weight excluding hydrogens is 461 g/mol. The number of anilines is 1. The fourth-order valence-corrected chi connectivity index (χ4v) is 3.84. The summed E-state index contributed by atoms with van der Waals surface area (Å²) in [6.45, 7) is -1.24. The van der Waals surface area contributed by atoms with Gasteiger partial charge < -0.3 is 10.1 Å². The first-order chi connectivity index (χ1) is 16.8. The molecule has 0 saturated heterocycles.